The van der Waals surface area contributed by atoms with Gasteiger partial charge in [-0.25, -0.2) is 0 Å². The lowest BCUT2D eigenvalue weighted by Gasteiger charge is -2.19. The van der Waals surface area contributed by atoms with Crippen LogP contribution in [0.2, 0.25) is 0 Å². The van der Waals surface area contributed by atoms with E-state index in [0.717, 1.165) is 0 Å². The number of hydrogen-bond donors (Lipinski definition) is 3. The normalized spacial score (nSPS) is 13.7. The monoisotopic (exact) mass is 293 g/mol. The third-order valence-electron chi connectivity index (χ3n) is 3.20. The fraction of sp³-hybridized carbons (Fsp3) is 0.500. The summed E-state index contributed by atoms with van der Waals surface area (Å²) < 4.78 is 0. The van der Waals surface area contributed by atoms with Crippen LogP contribution in [0.1, 0.15) is 38.4 Å². The first-order chi connectivity index (χ1) is 9.90. The van der Waals surface area contributed by atoms with Gasteiger partial charge < -0.3 is 15.5 Å². The highest BCUT2D eigenvalue weighted by Gasteiger charge is 2.20. The van der Waals surface area contributed by atoms with Gasteiger partial charge >= 0.3 is 5.97 Å². The maximum atomic E-state index is 11.9. The Balaban J connectivity index is 2.54. The van der Waals surface area contributed by atoms with Gasteiger partial charge in [0, 0.05) is 13.0 Å². The molecule has 0 radical (unpaired) electrons. The molecule has 116 valence electrons. The molecule has 1 aromatic carbocycles. The third-order valence-corrected chi connectivity index (χ3v) is 3.20. The minimum atomic E-state index is -1.23. The Labute approximate surface area is 125 Å². The minimum absolute atomic E-state index is 0.0138. The van der Waals surface area contributed by atoms with Crippen molar-refractivity contribution < 1.29 is 19.8 Å². The average molecular weight is 293 g/mol. The molecule has 1 unspecified atom stereocenters. The summed E-state index contributed by atoms with van der Waals surface area (Å²) in [6.07, 6.45) is -0.496. The second-order valence-corrected chi connectivity index (χ2v) is 5.65. The first kappa shape index (κ1) is 17.2. The van der Waals surface area contributed by atoms with Crippen molar-refractivity contribution in [3.63, 3.8) is 0 Å². The van der Waals surface area contributed by atoms with Crippen LogP contribution >= 0.6 is 0 Å². The van der Waals surface area contributed by atoms with Gasteiger partial charge in [-0.15, -0.1) is 0 Å². The van der Waals surface area contributed by atoms with Crippen molar-refractivity contribution in [1.82, 2.24) is 5.32 Å². The zero-order chi connectivity index (χ0) is 15.8. The van der Waals surface area contributed by atoms with Crippen LogP contribution in [0.25, 0.3) is 0 Å². The van der Waals surface area contributed by atoms with Gasteiger partial charge in [0.1, 0.15) is 0 Å². The van der Waals surface area contributed by atoms with Gasteiger partial charge in [-0.1, -0.05) is 44.2 Å². The number of aliphatic carboxylic acids is 1. The predicted octanol–water partition coefficient (Wildman–Crippen LogP) is 1.97. The van der Waals surface area contributed by atoms with E-state index in [2.05, 4.69) is 5.32 Å². The van der Waals surface area contributed by atoms with Crippen LogP contribution in [-0.4, -0.2) is 28.6 Å². The molecule has 0 spiro atoms. The van der Waals surface area contributed by atoms with Crippen molar-refractivity contribution in [3.8, 4) is 0 Å². The van der Waals surface area contributed by atoms with Gasteiger partial charge in [-0.2, -0.15) is 0 Å². The first-order valence-corrected chi connectivity index (χ1v) is 7.12. The smallest absolute Gasteiger partial charge is 0.303 e. The lowest BCUT2D eigenvalue weighted by molar-refractivity contribution is -0.138. The molecular weight excluding hydrogens is 270 g/mol. The number of aliphatic hydroxyl groups excluding tert-OH is 1. The lowest BCUT2D eigenvalue weighted by Crippen LogP contribution is -2.34. The molecule has 1 amide bonds. The number of nitrogens with one attached hydrogen (secondary N) is 1. The molecule has 3 N–H and O–H groups in total. The van der Waals surface area contributed by atoms with E-state index < -0.39 is 18.0 Å². The van der Waals surface area contributed by atoms with E-state index in [4.69, 9.17) is 5.11 Å². The van der Waals surface area contributed by atoms with Crippen molar-refractivity contribution in [2.75, 3.05) is 6.54 Å². The molecule has 0 aromatic heterocycles. The number of carbonyl (C=O) groups excluding carboxylic acids is 1. The molecule has 5 heteroatoms. The Morgan fingerprint density at radius 3 is 2.33 bits per heavy atom. The van der Waals surface area contributed by atoms with Gasteiger partial charge in [0.05, 0.1) is 0 Å². The van der Waals surface area contributed by atoms with E-state index in [-0.39, 0.29) is 18.9 Å². The lowest BCUT2D eigenvalue weighted by atomic mass is 9.94. The molecule has 2 atom stereocenters. The molecular formula is C16H23NO4. The molecule has 0 bridgehead atoms. The van der Waals surface area contributed by atoms with Gasteiger partial charge in [-0.05, 0) is 23.8 Å². The number of benzene rings is 1. The zero-order valence-corrected chi connectivity index (χ0v) is 12.5. The fourth-order valence-corrected chi connectivity index (χ4v) is 2.28. The summed E-state index contributed by atoms with van der Waals surface area (Å²) in [5.74, 6) is -1.15. The van der Waals surface area contributed by atoms with E-state index >= 15 is 0 Å². The number of carboxylic acid groups (broad SMARTS) is 1. The molecule has 21 heavy (non-hydrogen) atoms. The standard InChI is InChI=1S/C16H23NO4/c1-11(2)8-12(9-14(18)19)10-17-16(21)15(20)13-6-4-3-5-7-13/h3-7,11-12,15,20H,8-10H2,1-2H3,(H,17,21)(H,18,19)/t12-,15?/m0/s1. The second kappa shape index (κ2) is 8.42. The highest BCUT2D eigenvalue weighted by molar-refractivity contribution is 5.81. The average Bonchev–Trinajstić information content (AvgIpc) is 2.43. The summed E-state index contributed by atoms with van der Waals surface area (Å²) in [5, 5.41) is 21.5. The molecule has 0 aliphatic carbocycles. The number of amides is 1. The Morgan fingerprint density at radius 1 is 1.19 bits per heavy atom. The van der Waals surface area contributed by atoms with Crippen molar-refractivity contribution in [3.05, 3.63) is 35.9 Å². The topological polar surface area (TPSA) is 86.6 Å². The molecule has 0 aliphatic heterocycles. The van der Waals surface area contributed by atoms with E-state index in [0.29, 0.717) is 17.9 Å². The summed E-state index contributed by atoms with van der Waals surface area (Å²) in [7, 11) is 0. The largest absolute Gasteiger partial charge is 0.481 e. The Bertz CT molecular complexity index is 459. The molecule has 5 nitrogen and oxygen atoms in total. The van der Waals surface area contributed by atoms with Crippen LogP contribution in [0.4, 0.5) is 0 Å². The van der Waals surface area contributed by atoms with Gasteiger partial charge in [0.25, 0.3) is 5.91 Å². The van der Waals surface area contributed by atoms with Crippen molar-refractivity contribution >= 4 is 11.9 Å². The molecule has 1 rings (SSSR count). The van der Waals surface area contributed by atoms with Crippen LogP contribution in [0.3, 0.4) is 0 Å². The third kappa shape index (κ3) is 6.40. The maximum absolute atomic E-state index is 11.9. The highest BCUT2D eigenvalue weighted by atomic mass is 16.4. The number of carbonyl (C=O) groups is 2. The summed E-state index contributed by atoms with van der Waals surface area (Å²) in [6.45, 7) is 4.28. The minimum Gasteiger partial charge on any atom is -0.481 e. The maximum Gasteiger partial charge on any atom is 0.303 e. The van der Waals surface area contributed by atoms with Crippen molar-refractivity contribution in [1.29, 1.82) is 0 Å². The van der Waals surface area contributed by atoms with E-state index in [1.165, 1.54) is 0 Å². The number of aliphatic hydroxyl groups is 1. The highest BCUT2D eigenvalue weighted by Crippen LogP contribution is 2.16. The van der Waals surface area contributed by atoms with Crippen LogP contribution in [0, 0.1) is 11.8 Å². The van der Waals surface area contributed by atoms with Crippen LogP contribution < -0.4 is 5.32 Å². The Morgan fingerprint density at radius 2 is 1.81 bits per heavy atom. The molecule has 0 heterocycles. The number of carboxylic acids is 1. The Hall–Kier alpha value is -1.88. The summed E-state index contributed by atoms with van der Waals surface area (Å²) >= 11 is 0. The van der Waals surface area contributed by atoms with Gasteiger partial charge in [-0.3, -0.25) is 9.59 Å². The van der Waals surface area contributed by atoms with E-state index in [1.807, 2.05) is 13.8 Å². The van der Waals surface area contributed by atoms with Crippen molar-refractivity contribution in [2.45, 2.75) is 32.8 Å². The summed E-state index contributed by atoms with van der Waals surface area (Å²) in [6, 6.07) is 8.65. The molecule has 0 saturated heterocycles. The number of hydrogen-bond acceptors (Lipinski definition) is 3. The molecule has 0 saturated carbocycles. The molecule has 0 aliphatic rings. The first-order valence-electron chi connectivity index (χ1n) is 7.12. The molecule has 1 aromatic rings. The fourth-order valence-electron chi connectivity index (χ4n) is 2.28. The zero-order valence-electron chi connectivity index (χ0n) is 12.5. The summed E-state index contributed by atoms with van der Waals surface area (Å²) in [5.41, 5.74) is 0.522. The Kier molecular flexibility index (Phi) is 6.88. The van der Waals surface area contributed by atoms with E-state index in [1.54, 1.807) is 30.3 Å². The van der Waals surface area contributed by atoms with Crippen molar-refractivity contribution in [2.24, 2.45) is 11.8 Å². The summed E-state index contributed by atoms with van der Waals surface area (Å²) in [4.78, 5) is 22.7. The van der Waals surface area contributed by atoms with Crippen LogP contribution in [0.5, 0.6) is 0 Å². The van der Waals surface area contributed by atoms with Crippen LogP contribution in [-0.2, 0) is 9.59 Å². The van der Waals surface area contributed by atoms with Gasteiger partial charge in [0.15, 0.2) is 6.10 Å². The second-order valence-electron chi connectivity index (χ2n) is 5.65. The molecule has 0 fully saturated rings. The SMILES string of the molecule is CC(C)C[C@H](CNC(=O)C(O)c1ccccc1)CC(=O)O. The van der Waals surface area contributed by atoms with E-state index in [9.17, 15) is 14.7 Å². The van der Waals surface area contributed by atoms with Gasteiger partial charge in [0.2, 0.25) is 0 Å². The predicted molar refractivity (Wildman–Crippen MR) is 79.6 cm³/mol. The van der Waals surface area contributed by atoms with Crippen LogP contribution in [0.15, 0.2) is 30.3 Å². The quantitative estimate of drug-likeness (QED) is 0.684. The number of rotatable bonds is 8.